The maximum atomic E-state index is 12.0. The van der Waals surface area contributed by atoms with Crippen LogP contribution in [-0.2, 0) is 11.2 Å². The van der Waals surface area contributed by atoms with E-state index in [0.717, 1.165) is 16.3 Å². The number of benzene rings is 2. The Hall–Kier alpha value is -1.87. The molecule has 0 saturated carbocycles. The van der Waals surface area contributed by atoms with Gasteiger partial charge in [0.25, 0.3) is 0 Å². The van der Waals surface area contributed by atoms with Gasteiger partial charge in [-0.1, -0.05) is 56.3 Å². The third kappa shape index (κ3) is 3.58. The van der Waals surface area contributed by atoms with Crippen molar-refractivity contribution in [1.82, 2.24) is 5.32 Å². The lowest BCUT2D eigenvalue weighted by Gasteiger charge is -2.15. The second-order valence-electron chi connectivity index (χ2n) is 5.43. The summed E-state index contributed by atoms with van der Waals surface area (Å²) in [7, 11) is 0. The van der Waals surface area contributed by atoms with Crippen molar-refractivity contribution in [2.75, 3.05) is 6.54 Å². The van der Waals surface area contributed by atoms with Crippen molar-refractivity contribution >= 4 is 16.7 Å². The standard InChI is InChI=1S/C17H21NO2/c1-12(2)16(19)11-18-17(20)10-14-8-5-7-13-6-3-4-9-15(13)14/h3-9,12,16,19H,10-11H2,1-2H3,(H,18,20). The van der Waals surface area contributed by atoms with Crippen LogP contribution in [-0.4, -0.2) is 23.7 Å². The van der Waals surface area contributed by atoms with Crippen LogP contribution in [0.3, 0.4) is 0 Å². The molecular formula is C17H21NO2. The van der Waals surface area contributed by atoms with Gasteiger partial charge in [-0.3, -0.25) is 4.79 Å². The topological polar surface area (TPSA) is 49.3 Å². The number of rotatable bonds is 5. The van der Waals surface area contributed by atoms with E-state index in [2.05, 4.69) is 5.32 Å². The Morgan fingerprint density at radius 2 is 1.85 bits per heavy atom. The van der Waals surface area contributed by atoms with Gasteiger partial charge in [0, 0.05) is 6.54 Å². The number of hydrogen-bond acceptors (Lipinski definition) is 2. The molecule has 2 aromatic rings. The molecule has 1 unspecified atom stereocenters. The van der Waals surface area contributed by atoms with Gasteiger partial charge >= 0.3 is 0 Å². The van der Waals surface area contributed by atoms with Gasteiger partial charge in [0.15, 0.2) is 0 Å². The highest BCUT2D eigenvalue weighted by molar-refractivity contribution is 5.90. The molecule has 3 nitrogen and oxygen atoms in total. The Morgan fingerprint density at radius 3 is 2.60 bits per heavy atom. The molecule has 2 aromatic carbocycles. The van der Waals surface area contributed by atoms with E-state index < -0.39 is 6.10 Å². The maximum absolute atomic E-state index is 12.0. The Balaban J connectivity index is 2.03. The SMILES string of the molecule is CC(C)C(O)CNC(=O)Cc1cccc2ccccc12. The van der Waals surface area contributed by atoms with E-state index in [0.29, 0.717) is 13.0 Å². The Bertz CT molecular complexity index is 587. The Kier molecular flexibility index (Phi) is 4.74. The first-order valence-corrected chi connectivity index (χ1v) is 6.99. The summed E-state index contributed by atoms with van der Waals surface area (Å²) in [6.45, 7) is 4.17. The van der Waals surface area contributed by atoms with E-state index in [9.17, 15) is 9.90 Å². The summed E-state index contributed by atoms with van der Waals surface area (Å²) in [5.74, 6) is 0.0916. The van der Waals surface area contributed by atoms with E-state index in [1.165, 1.54) is 0 Å². The predicted octanol–water partition coefficient (Wildman–Crippen LogP) is 2.52. The van der Waals surface area contributed by atoms with Gasteiger partial charge in [-0.2, -0.15) is 0 Å². The molecule has 20 heavy (non-hydrogen) atoms. The van der Waals surface area contributed by atoms with Crippen LogP contribution >= 0.6 is 0 Å². The molecule has 106 valence electrons. The van der Waals surface area contributed by atoms with Gasteiger partial charge in [0.2, 0.25) is 5.91 Å². The van der Waals surface area contributed by atoms with Crippen LogP contribution in [0.15, 0.2) is 42.5 Å². The number of hydrogen-bond donors (Lipinski definition) is 2. The lowest BCUT2D eigenvalue weighted by Crippen LogP contribution is -2.35. The number of amides is 1. The summed E-state index contributed by atoms with van der Waals surface area (Å²) < 4.78 is 0. The molecule has 2 N–H and O–H groups in total. The average molecular weight is 271 g/mol. The third-order valence-electron chi connectivity index (χ3n) is 3.51. The highest BCUT2D eigenvalue weighted by Crippen LogP contribution is 2.18. The number of carbonyl (C=O) groups excluding carboxylic acids is 1. The molecule has 0 aliphatic heterocycles. The van der Waals surface area contributed by atoms with Crippen LogP contribution in [0.1, 0.15) is 19.4 Å². The van der Waals surface area contributed by atoms with Crippen molar-refractivity contribution < 1.29 is 9.90 Å². The molecule has 0 heterocycles. The first-order valence-electron chi connectivity index (χ1n) is 6.99. The summed E-state index contributed by atoms with van der Waals surface area (Å²) in [4.78, 5) is 12.0. The van der Waals surface area contributed by atoms with Crippen molar-refractivity contribution in [2.45, 2.75) is 26.4 Å². The van der Waals surface area contributed by atoms with Crippen LogP contribution in [0.2, 0.25) is 0 Å². The number of fused-ring (bicyclic) bond motifs is 1. The van der Waals surface area contributed by atoms with E-state index in [-0.39, 0.29) is 11.8 Å². The first-order chi connectivity index (χ1) is 9.58. The monoisotopic (exact) mass is 271 g/mol. The molecule has 0 saturated heterocycles. The summed E-state index contributed by atoms with van der Waals surface area (Å²) in [5, 5.41) is 14.7. The number of nitrogens with one attached hydrogen (secondary N) is 1. The van der Waals surface area contributed by atoms with Crippen molar-refractivity contribution in [3.8, 4) is 0 Å². The fraction of sp³-hybridized carbons (Fsp3) is 0.353. The molecule has 1 atom stereocenters. The highest BCUT2D eigenvalue weighted by Gasteiger charge is 2.11. The second-order valence-corrected chi connectivity index (χ2v) is 5.43. The van der Waals surface area contributed by atoms with Crippen LogP contribution in [0, 0.1) is 5.92 Å². The fourth-order valence-corrected chi connectivity index (χ4v) is 2.14. The summed E-state index contributed by atoms with van der Waals surface area (Å²) in [5.41, 5.74) is 1.01. The molecule has 0 spiro atoms. The van der Waals surface area contributed by atoms with Gasteiger partial charge in [-0.25, -0.2) is 0 Å². The van der Waals surface area contributed by atoms with Crippen LogP contribution in [0.4, 0.5) is 0 Å². The van der Waals surface area contributed by atoms with E-state index in [1.807, 2.05) is 56.3 Å². The lowest BCUT2D eigenvalue weighted by molar-refractivity contribution is -0.121. The first kappa shape index (κ1) is 14.5. The molecule has 2 rings (SSSR count). The fourth-order valence-electron chi connectivity index (χ4n) is 2.14. The zero-order valence-electron chi connectivity index (χ0n) is 12.0. The number of aliphatic hydroxyl groups excluding tert-OH is 1. The average Bonchev–Trinajstić information content (AvgIpc) is 2.45. The Morgan fingerprint density at radius 1 is 1.15 bits per heavy atom. The zero-order valence-corrected chi connectivity index (χ0v) is 12.0. The smallest absolute Gasteiger partial charge is 0.224 e. The normalized spacial score (nSPS) is 12.6. The summed E-state index contributed by atoms with van der Waals surface area (Å²) in [6, 6.07) is 14.0. The van der Waals surface area contributed by atoms with Crippen molar-refractivity contribution in [3.63, 3.8) is 0 Å². The van der Waals surface area contributed by atoms with Crippen molar-refractivity contribution in [2.24, 2.45) is 5.92 Å². The van der Waals surface area contributed by atoms with E-state index in [4.69, 9.17) is 0 Å². The quantitative estimate of drug-likeness (QED) is 0.878. The van der Waals surface area contributed by atoms with Crippen LogP contribution in [0.25, 0.3) is 10.8 Å². The lowest BCUT2D eigenvalue weighted by atomic mass is 10.0. The molecule has 0 aliphatic rings. The minimum Gasteiger partial charge on any atom is -0.391 e. The van der Waals surface area contributed by atoms with Gasteiger partial charge in [0.05, 0.1) is 12.5 Å². The maximum Gasteiger partial charge on any atom is 0.224 e. The minimum atomic E-state index is -0.494. The molecular weight excluding hydrogens is 250 g/mol. The molecule has 1 amide bonds. The summed E-state index contributed by atoms with van der Waals surface area (Å²) >= 11 is 0. The van der Waals surface area contributed by atoms with Gasteiger partial charge in [-0.15, -0.1) is 0 Å². The highest BCUT2D eigenvalue weighted by atomic mass is 16.3. The molecule has 0 radical (unpaired) electrons. The predicted molar refractivity (Wildman–Crippen MR) is 81.5 cm³/mol. The Labute approximate surface area is 119 Å². The van der Waals surface area contributed by atoms with Crippen LogP contribution < -0.4 is 5.32 Å². The molecule has 0 aromatic heterocycles. The molecule has 0 aliphatic carbocycles. The molecule has 0 fully saturated rings. The van der Waals surface area contributed by atoms with Crippen LogP contribution in [0.5, 0.6) is 0 Å². The second kappa shape index (κ2) is 6.53. The van der Waals surface area contributed by atoms with Gasteiger partial charge in [-0.05, 0) is 22.3 Å². The van der Waals surface area contributed by atoms with E-state index >= 15 is 0 Å². The zero-order chi connectivity index (χ0) is 14.5. The molecule has 3 heteroatoms. The molecule has 0 bridgehead atoms. The summed E-state index contributed by atoms with van der Waals surface area (Å²) in [6.07, 6.45) is -0.155. The number of carbonyl (C=O) groups is 1. The van der Waals surface area contributed by atoms with Crippen molar-refractivity contribution in [1.29, 1.82) is 0 Å². The third-order valence-corrected chi connectivity index (χ3v) is 3.51. The minimum absolute atomic E-state index is 0.0546. The van der Waals surface area contributed by atoms with Gasteiger partial charge < -0.3 is 10.4 Å². The largest absolute Gasteiger partial charge is 0.391 e. The van der Waals surface area contributed by atoms with Crippen molar-refractivity contribution in [3.05, 3.63) is 48.0 Å². The number of aliphatic hydroxyl groups is 1. The van der Waals surface area contributed by atoms with E-state index in [1.54, 1.807) is 0 Å². The van der Waals surface area contributed by atoms with Gasteiger partial charge in [0.1, 0.15) is 0 Å².